The molecule has 0 saturated heterocycles. The van der Waals surface area contributed by atoms with E-state index in [0.717, 1.165) is 23.1 Å². The first-order valence-corrected chi connectivity index (χ1v) is 9.28. The molecule has 2 amide bonds. The van der Waals surface area contributed by atoms with Crippen molar-refractivity contribution in [1.29, 1.82) is 0 Å². The zero-order valence-corrected chi connectivity index (χ0v) is 15.6. The third kappa shape index (κ3) is 3.87. The summed E-state index contributed by atoms with van der Waals surface area (Å²) in [5.74, 6) is -0.725. The van der Waals surface area contributed by atoms with Gasteiger partial charge in [0.25, 0.3) is 0 Å². The van der Waals surface area contributed by atoms with Gasteiger partial charge in [-0.25, -0.2) is 14.2 Å². The number of aromatic nitrogens is 2. The molecule has 1 aliphatic rings. The van der Waals surface area contributed by atoms with Gasteiger partial charge in [-0.3, -0.25) is 15.1 Å². The summed E-state index contributed by atoms with van der Waals surface area (Å²) in [4.78, 5) is 31.7. The molecule has 148 valence electrons. The van der Waals surface area contributed by atoms with Crippen molar-refractivity contribution in [3.05, 3.63) is 48.4 Å². The Morgan fingerprint density at radius 2 is 2.03 bits per heavy atom. The first-order chi connectivity index (χ1) is 14.0. The minimum Gasteiger partial charge on any atom is -0.465 e. The largest absolute Gasteiger partial charge is 0.465 e. The average Bonchev–Trinajstić information content (AvgIpc) is 3.44. The van der Waals surface area contributed by atoms with Crippen LogP contribution in [0.25, 0.3) is 21.9 Å². The van der Waals surface area contributed by atoms with Gasteiger partial charge in [0.2, 0.25) is 5.91 Å². The van der Waals surface area contributed by atoms with Crippen molar-refractivity contribution >= 4 is 34.3 Å². The molecular weight excluding hydrogens is 375 g/mol. The minimum atomic E-state index is -1.19. The topological polar surface area (TPSA) is 104 Å². The fourth-order valence-electron chi connectivity index (χ4n) is 3.35. The highest BCUT2D eigenvalue weighted by Gasteiger charge is 2.43. The lowest BCUT2D eigenvalue weighted by Gasteiger charge is -2.13. The summed E-state index contributed by atoms with van der Waals surface area (Å²) in [5, 5.41) is 15.5. The van der Waals surface area contributed by atoms with E-state index in [2.05, 4.69) is 20.6 Å². The highest BCUT2D eigenvalue weighted by Crippen LogP contribution is 2.36. The van der Waals surface area contributed by atoms with Crippen molar-refractivity contribution in [2.24, 2.45) is 5.92 Å². The zero-order valence-electron chi connectivity index (χ0n) is 15.6. The number of nitrogens with zero attached hydrogens (tertiary/aromatic N) is 2. The third-order valence-corrected chi connectivity index (χ3v) is 4.98. The molecule has 0 aliphatic heterocycles. The highest BCUT2D eigenvalue weighted by atomic mass is 19.1. The average molecular weight is 394 g/mol. The Balaban J connectivity index is 1.79. The number of rotatable bonds is 5. The van der Waals surface area contributed by atoms with Gasteiger partial charge in [-0.15, -0.1) is 0 Å². The van der Waals surface area contributed by atoms with Crippen LogP contribution in [0.5, 0.6) is 0 Å². The number of carbonyl (C=O) groups excluding carboxylic acids is 1. The van der Waals surface area contributed by atoms with E-state index in [1.54, 1.807) is 24.5 Å². The maximum absolute atomic E-state index is 13.1. The number of carboxylic acid groups (broad SMARTS) is 1. The maximum Gasteiger partial charge on any atom is 0.409 e. The number of benzene rings is 1. The van der Waals surface area contributed by atoms with Crippen molar-refractivity contribution in [3.63, 3.8) is 0 Å². The molecule has 2 heterocycles. The van der Waals surface area contributed by atoms with Crippen LogP contribution in [-0.4, -0.2) is 33.2 Å². The number of pyridine rings is 2. The van der Waals surface area contributed by atoms with E-state index in [0.29, 0.717) is 22.3 Å². The van der Waals surface area contributed by atoms with Gasteiger partial charge in [-0.1, -0.05) is 6.92 Å². The molecule has 0 unspecified atom stereocenters. The molecule has 2 atom stereocenters. The summed E-state index contributed by atoms with van der Waals surface area (Å²) in [6, 6.07) is 7.21. The van der Waals surface area contributed by atoms with Crippen LogP contribution in [0, 0.1) is 5.92 Å². The number of hydrogen-bond donors (Lipinski definition) is 3. The van der Waals surface area contributed by atoms with Crippen LogP contribution in [0.4, 0.5) is 20.7 Å². The Kier molecular flexibility index (Phi) is 4.84. The molecule has 1 saturated carbocycles. The molecule has 0 radical (unpaired) electrons. The molecule has 3 aromatic rings. The Labute approximate surface area is 166 Å². The van der Waals surface area contributed by atoms with Crippen LogP contribution in [0.2, 0.25) is 0 Å². The lowest BCUT2D eigenvalue weighted by atomic mass is 9.97. The lowest BCUT2D eigenvalue weighted by Crippen LogP contribution is -2.16. The van der Waals surface area contributed by atoms with E-state index >= 15 is 0 Å². The van der Waals surface area contributed by atoms with Crippen LogP contribution in [0.3, 0.4) is 0 Å². The predicted octanol–water partition coefficient (Wildman–Crippen LogP) is 4.25. The number of fused-ring (bicyclic) bond motifs is 1. The van der Waals surface area contributed by atoms with Gasteiger partial charge < -0.3 is 10.4 Å². The van der Waals surface area contributed by atoms with Crippen LogP contribution < -0.4 is 10.6 Å². The van der Waals surface area contributed by atoms with E-state index in [1.807, 2.05) is 19.1 Å². The van der Waals surface area contributed by atoms with Gasteiger partial charge in [0.1, 0.15) is 12.0 Å². The third-order valence-electron chi connectivity index (χ3n) is 4.98. The molecule has 2 aromatic heterocycles. The van der Waals surface area contributed by atoms with Crippen molar-refractivity contribution in [2.75, 3.05) is 10.6 Å². The Bertz CT molecular complexity index is 1120. The molecule has 1 fully saturated rings. The molecule has 1 aromatic carbocycles. The molecule has 29 heavy (non-hydrogen) atoms. The Hall–Kier alpha value is -3.55. The maximum atomic E-state index is 13.1. The summed E-state index contributed by atoms with van der Waals surface area (Å²) >= 11 is 0. The number of amides is 2. The van der Waals surface area contributed by atoms with Crippen LogP contribution in [0.1, 0.15) is 18.9 Å². The number of nitrogens with one attached hydrogen (secondary N) is 2. The number of alkyl halides is 1. The summed E-state index contributed by atoms with van der Waals surface area (Å²) in [5.41, 5.74) is 3.14. The quantitative estimate of drug-likeness (QED) is 0.600. The van der Waals surface area contributed by atoms with Crippen molar-refractivity contribution < 1.29 is 19.1 Å². The van der Waals surface area contributed by atoms with Crippen LogP contribution in [-0.2, 0) is 11.2 Å². The van der Waals surface area contributed by atoms with Crippen molar-refractivity contribution in [2.45, 2.75) is 25.9 Å². The fraction of sp³-hybridized carbons (Fsp3) is 0.238. The zero-order chi connectivity index (χ0) is 20.5. The number of anilines is 2. The van der Waals surface area contributed by atoms with E-state index in [4.69, 9.17) is 0 Å². The standard InChI is InChI=1S/C21H19FN4O3/c1-2-11-3-4-23-9-15(11)12-5-13-7-19(26-20(27)14-8-17(14)22)24-10-16(13)18(6-12)25-21(28)29/h3-7,9-10,14,17,25H,2,8H2,1H3,(H,28,29)(H,24,26,27)/t14-,17+/m1/s1. The smallest absolute Gasteiger partial charge is 0.409 e. The minimum absolute atomic E-state index is 0.233. The monoisotopic (exact) mass is 394 g/mol. The van der Waals surface area contributed by atoms with Gasteiger partial charge in [-0.2, -0.15) is 0 Å². The first-order valence-electron chi connectivity index (χ1n) is 9.28. The SMILES string of the molecule is CCc1ccncc1-c1cc(NC(=O)O)c2cnc(NC(=O)[C@@H]3C[C@@H]3F)cc2c1. The molecule has 0 spiro atoms. The van der Waals surface area contributed by atoms with E-state index in [-0.39, 0.29) is 6.42 Å². The summed E-state index contributed by atoms with van der Waals surface area (Å²) in [6.45, 7) is 2.03. The van der Waals surface area contributed by atoms with Crippen molar-refractivity contribution in [1.82, 2.24) is 9.97 Å². The number of hydrogen-bond acceptors (Lipinski definition) is 4. The first kappa shape index (κ1) is 18.8. The van der Waals surface area contributed by atoms with Crippen LogP contribution >= 0.6 is 0 Å². The fourth-order valence-corrected chi connectivity index (χ4v) is 3.35. The van der Waals surface area contributed by atoms with E-state index in [1.165, 1.54) is 6.20 Å². The number of aryl methyl sites for hydroxylation is 1. The second kappa shape index (κ2) is 7.46. The second-order valence-electron chi connectivity index (χ2n) is 6.98. The van der Waals surface area contributed by atoms with Gasteiger partial charge in [0.05, 0.1) is 11.6 Å². The molecule has 4 rings (SSSR count). The summed E-state index contributed by atoms with van der Waals surface area (Å²) in [7, 11) is 0. The van der Waals surface area contributed by atoms with Gasteiger partial charge in [0, 0.05) is 29.5 Å². The number of halogens is 1. The van der Waals surface area contributed by atoms with Gasteiger partial charge in [-0.05, 0) is 53.6 Å². The molecule has 7 nitrogen and oxygen atoms in total. The highest BCUT2D eigenvalue weighted by molar-refractivity contribution is 6.04. The number of carbonyl (C=O) groups is 2. The molecular formula is C21H19FN4O3. The van der Waals surface area contributed by atoms with Gasteiger partial charge in [0.15, 0.2) is 0 Å². The Morgan fingerprint density at radius 3 is 2.72 bits per heavy atom. The normalized spacial score (nSPS) is 17.7. The molecule has 0 bridgehead atoms. The summed E-state index contributed by atoms with van der Waals surface area (Å²) in [6.07, 6.45) is 3.69. The predicted molar refractivity (Wildman–Crippen MR) is 108 cm³/mol. The summed E-state index contributed by atoms with van der Waals surface area (Å²) < 4.78 is 13.1. The lowest BCUT2D eigenvalue weighted by molar-refractivity contribution is -0.117. The molecule has 8 heteroatoms. The van der Waals surface area contributed by atoms with Gasteiger partial charge >= 0.3 is 6.09 Å². The van der Waals surface area contributed by atoms with Crippen LogP contribution in [0.15, 0.2) is 42.9 Å². The Morgan fingerprint density at radius 1 is 1.24 bits per heavy atom. The second-order valence-corrected chi connectivity index (χ2v) is 6.98. The van der Waals surface area contributed by atoms with Crippen molar-refractivity contribution in [3.8, 4) is 11.1 Å². The van der Waals surface area contributed by atoms with E-state index in [9.17, 15) is 19.1 Å². The molecule has 1 aliphatic carbocycles. The van der Waals surface area contributed by atoms with E-state index < -0.39 is 24.1 Å². The molecule has 3 N–H and O–H groups in total.